The number of hydrogen-bond acceptors (Lipinski definition) is 1. The summed E-state index contributed by atoms with van der Waals surface area (Å²) >= 11 is 0. The molecule has 0 aliphatic heterocycles. The van der Waals surface area contributed by atoms with Crippen LogP contribution >= 0.6 is 8.58 Å². The zero-order chi connectivity index (χ0) is 15.5. The van der Waals surface area contributed by atoms with Crippen molar-refractivity contribution in [1.29, 1.82) is 0 Å². The van der Waals surface area contributed by atoms with E-state index in [2.05, 4.69) is 78.9 Å². The Morgan fingerprint density at radius 3 is 2.09 bits per heavy atom. The van der Waals surface area contributed by atoms with E-state index < -0.39 is 0 Å². The quantitative estimate of drug-likeness (QED) is 0.506. The Hall–Kier alpha value is -2.50. The van der Waals surface area contributed by atoms with Crippen molar-refractivity contribution in [2.24, 2.45) is 0 Å². The summed E-state index contributed by atoms with van der Waals surface area (Å²) in [5, 5.41) is 3.89. The molecule has 3 aromatic carbocycles. The van der Waals surface area contributed by atoms with Gasteiger partial charge in [-0.05, 0) is 22.7 Å². The van der Waals surface area contributed by atoms with Crippen LogP contribution in [-0.4, -0.2) is 4.98 Å². The number of aromatic nitrogens is 1. The van der Waals surface area contributed by atoms with Crippen molar-refractivity contribution in [2.75, 3.05) is 0 Å². The highest BCUT2D eigenvalue weighted by molar-refractivity contribution is 7.55. The van der Waals surface area contributed by atoms with Gasteiger partial charge in [0.05, 0.1) is 11.2 Å². The van der Waals surface area contributed by atoms with E-state index in [1.807, 2.05) is 12.1 Å². The number of rotatable bonds is 3. The molecular formula is C21H16NP. The summed E-state index contributed by atoms with van der Waals surface area (Å²) < 4.78 is 0. The molecule has 0 N–H and O–H groups in total. The largest absolute Gasteiger partial charge is 0.248 e. The molecule has 2 heteroatoms. The molecule has 110 valence electrons. The molecule has 1 aromatic heterocycles. The Labute approximate surface area is 137 Å². The van der Waals surface area contributed by atoms with Gasteiger partial charge in [-0.25, -0.2) is 4.98 Å². The molecule has 0 saturated heterocycles. The second kappa shape index (κ2) is 6.32. The SMILES string of the molecule is c1ccc(Pc2ccc(-c3ccc4ccccc4n3)cc2)cc1. The Balaban J connectivity index is 1.61. The Kier molecular flexibility index (Phi) is 3.88. The minimum atomic E-state index is 0.695. The molecule has 1 atom stereocenters. The lowest BCUT2D eigenvalue weighted by Crippen LogP contribution is -2.02. The normalized spacial score (nSPS) is 11.3. The van der Waals surface area contributed by atoms with Gasteiger partial charge in [0.25, 0.3) is 0 Å². The van der Waals surface area contributed by atoms with E-state index >= 15 is 0 Å². The summed E-state index contributed by atoms with van der Waals surface area (Å²) in [4.78, 5) is 4.76. The van der Waals surface area contributed by atoms with Crippen LogP contribution in [0.15, 0.2) is 91.0 Å². The number of benzene rings is 3. The Morgan fingerprint density at radius 1 is 0.565 bits per heavy atom. The van der Waals surface area contributed by atoms with Gasteiger partial charge in [-0.1, -0.05) is 87.4 Å². The highest BCUT2D eigenvalue weighted by atomic mass is 31.1. The van der Waals surface area contributed by atoms with E-state index in [0.717, 1.165) is 16.8 Å². The maximum Gasteiger partial charge on any atom is 0.0709 e. The lowest BCUT2D eigenvalue weighted by Gasteiger charge is -2.06. The molecule has 0 spiro atoms. The predicted octanol–water partition coefficient (Wildman–Crippen LogP) is 4.53. The van der Waals surface area contributed by atoms with Crippen LogP contribution in [0, 0.1) is 0 Å². The van der Waals surface area contributed by atoms with Gasteiger partial charge in [0, 0.05) is 10.9 Å². The molecule has 23 heavy (non-hydrogen) atoms. The first kappa shape index (κ1) is 14.1. The van der Waals surface area contributed by atoms with Gasteiger partial charge in [-0.3, -0.25) is 0 Å². The first-order valence-electron chi connectivity index (χ1n) is 7.67. The molecular weight excluding hydrogens is 297 g/mol. The van der Waals surface area contributed by atoms with E-state index in [1.165, 1.54) is 16.0 Å². The molecule has 1 nitrogen and oxygen atoms in total. The molecule has 0 aliphatic rings. The van der Waals surface area contributed by atoms with Crippen molar-refractivity contribution in [2.45, 2.75) is 0 Å². The zero-order valence-corrected chi connectivity index (χ0v) is 13.6. The van der Waals surface area contributed by atoms with E-state index in [4.69, 9.17) is 4.98 Å². The van der Waals surface area contributed by atoms with Crippen molar-refractivity contribution in [3.05, 3.63) is 91.0 Å². The van der Waals surface area contributed by atoms with Crippen LogP contribution in [-0.2, 0) is 0 Å². The lowest BCUT2D eigenvalue weighted by atomic mass is 10.1. The molecule has 0 amide bonds. The topological polar surface area (TPSA) is 12.9 Å². The minimum absolute atomic E-state index is 0.695. The van der Waals surface area contributed by atoms with Gasteiger partial charge in [0.1, 0.15) is 0 Å². The summed E-state index contributed by atoms with van der Waals surface area (Å²) in [6.45, 7) is 0. The number of nitrogens with zero attached hydrogens (tertiary/aromatic N) is 1. The molecule has 4 aromatic rings. The van der Waals surface area contributed by atoms with Gasteiger partial charge >= 0.3 is 0 Å². The van der Waals surface area contributed by atoms with Gasteiger partial charge in [0.15, 0.2) is 0 Å². The number of fused-ring (bicyclic) bond motifs is 1. The number of hydrogen-bond donors (Lipinski definition) is 0. The number of pyridine rings is 1. The van der Waals surface area contributed by atoms with Gasteiger partial charge in [-0.15, -0.1) is 0 Å². The van der Waals surface area contributed by atoms with E-state index in [-0.39, 0.29) is 0 Å². The van der Waals surface area contributed by atoms with Crippen molar-refractivity contribution in [3.63, 3.8) is 0 Å². The second-order valence-corrected chi connectivity index (χ2v) is 6.86. The Bertz CT molecular complexity index is 930. The summed E-state index contributed by atoms with van der Waals surface area (Å²) in [5.41, 5.74) is 3.23. The van der Waals surface area contributed by atoms with Crippen LogP contribution < -0.4 is 10.6 Å². The standard InChI is InChI=1S/C21H16NP/c1-2-7-18(8-3-1)23-19-13-10-17(11-14-19)21-15-12-16-6-4-5-9-20(16)22-21/h1-15,23H. The van der Waals surface area contributed by atoms with E-state index in [9.17, 15) is 0 Å². The van der Waals surface area contributed by atoms with Gasteiger partial charge in [-0.2, -0.15) is 0 Å². The van der Waals surface area contributed by atoms with Crippen LogP contribution in [0.5, 0.6) is 0 Å². The van der Waals surface area contributed by atoms with Crippen LogP contribution in [0.25, 0.3) is 22.2 Å². The molecule has 4 rings (SSSR count). The van der Waals surface area contributed by atoms with Gasteiger partial charge < -0.3 is 0 Å². The van der Waals surface area contributed by atoms with Crippen LogP contribution in [0.1, 0.15) is 0 Å². The van der Waals surface area contributed by atoms with Crippen LogP contribution in [0.4, 0.5) is 0 Å². The summed E-state index contributed by atoms with van der Waals surface area (Å²) in [5.74, 6) is 0. The van der Waals surface area contributed by atoms with E-state index in [0.29, 0.717) is 8.58 Å². The maximum absolute atomic E-state index is 4.76. The second-order valence-electron chi connectivity index (χ2n) is 5.46. The molecule has 0 bridgehead atoms. The monoisotopic (exact) mass is 313 g/mol. The zero-order valence-electron chi connectivity index (χ0n) is 12.6. The summed E-state index contributed by atoms with van der Waals surface area (Å²) in [6.07, 6.45) is 0. The third kappa shape index (κ3) is 3.16. The summed E-state index contributed by atoms with van der Waals surface area (Å²) in [7, 11) is 0.695. The lowest BCUT2D eigenvalue weighted by molar-refractivity contribution is 1.40. The molecule has 0 aliphatic carbocycles. The predicted molar refractivity (Wildman–Crippen MR) is 101 cm³/mol. The third-order valence-corrected chi connectivity index (χ3v) is 5.09. The first-order chi connectivity index (χ1) is 11.4. The smallest absolute Gasteiger partial charge is 0.0709 e. The molecule has 1 heterocycles. The average molecular weight is 313 g/mol. The van der Waals surface area contributed by atoms with Crippen LogP contribution in [0.2, 0.25) is 0 Å². The first-order valence-corrected chi connectivity index (χ1v) is 8.67. The number of para-hydroxylation sites is 1. The van der Waals surface area contributed by atoms with Crippen molar-refractivity contribution in [3.8, 4) is 11.3 Å². The van der Waals surface area contributed by atoms with Crippen molar-refractivity contribution >= 4 is 30.1 Å². The highest BCUT2D eigenvalue weighted by Gasteiger charge is 2.02. The molecule has 0 saturated carbocycles. The fourth-order valence-electron chi connectivity index (χ4n) is 2.64. The van der Waals surface area contributed by atoms with Crippen LogP contribution in [0.3, 0.4) is 0 Å². The molecule has 0 radical (unpaired) electrons. The fourth-order valence-corrected chi connectivity index (χ4v) is 3.67. The molecule has 0 fully saturated rings. The summed E-state index contributed by atoms with van der Waals surface area (Å²) in [6, 6.07) is 31.8. The van der Waals surface area contributed by atoms with Crippen molar-refractivity contribution in [1.82, 2.24) is 4.98 Å². The Morgan fingerprint density at radius 2 is 1.26 bits per heavy atom. The highest BCUT2D eigenvalue weighted by Crippen LogP contribution is 2.21. The average Bonchev–Trinajstić information content (AvgIpc) is 2.63. The maximum atomic E-state index is 4.76. The fraction of sp³-hybridized carbons (Fsp3) is 0. The van der Waals surface area contributed by atoms with Crippen molar-refractivity contribution < 1.29 is 0 Å². The minimum Gasteiger partial charge on any atom is -0.248 e. The van der Waals surface area contributed by atoms with E-state index in [1.54, 1.807) is 0 Å². The molecule has 1 unspecified atom stereocenters. The van der Waals surface area contributed by atoms with Gasteiger partial charge in [0.2, 0.25) is 0 Å². The third-order valence-electron chi connectivity index (χ3n) is 3.84.